The third-order valence-corrected chi connectivity index (χ3v) is 2.31. The maximum Gasteiger partial charge on any atom is 0.233 e. The lowest BCUT2D eigenvalue weighted by molar-refractivity contribution is -0.119. The zero-order chi connectivity index (χ0) is 11.4. The van der Waals surface area contributed by atoms with E-state index in [9.17, 15) is 4.79 Å². The number of aromatic nitrogens is 2. The Morgan fingerprint density at radius 2 is 2.25 bits per heavy atom. The van der Waals surface area contributed by atoms with Crippen LogP contribution in [0.4, 0.5) is 0 Å². The van der Waals surface area contributed by atoms with Gasteiger partial charge in [0.25, 0.3) is 0 Å². The molecule has 0 unspecified atom stereocenters. The number of imidazole rings is 1. The van der Waals surface area contributed by atoms with E-state index < -0.39 is 0 Å². The highest BCUT2D eigenvalue weighted by Crippen LogP contribution is 2.09. The van der Waals surface area contributed by atoms with Crippen LogP contribution >= 0.6 is 0 Å². The molecule has 0 saturated heterocycles. The second kappa shape index (κ2) is 4.76. The lowest BCUT2D eigenvalue weighted by Crippen LogP contribution is -2.31. The first-order valence-electron chi connectivity index (χ1n) is 5.20. The highest BCUT2D eigenvalue weighted by molar-refractivity contribution is 5.77. The number of nitrogens with two attached hydrogens (primary N) is 1. The number of amides is 1. The Kier molecular flexibility index (Phi) is 3.16. The van der Waals surface area contributed by atoms with Crippen molar-refractivity contribution in [3.8, 4) is 0 Å². The number of nitrogens with zero attached hydrogens (tertiary/aromatic N) is 1. The summed E-state index contributed by atoms with van der Waals surface area (Å²) in [5.74, 6) is 0.731. The average molecular weight is 218 g/mol. The van der Waals surface area contributed by atoms with E-state index in [1.807, 2.05) is 24.3 Å². The van der Waals surface area contributed by atoms with Crippen molar-refractivity contribution >= 4 is 16.9 Å². The van der Waals surface area contributed by atoms with Gasteiger partial charge in [-0.15, -0.1) is 0 Å². The average Bonchev–Trinajstić information content (AvgIpc) is 2.71. The standard InChI is InChI=1S/C11H14N4O/c12-7-11(16)13-6-5-10-14-8-3-1-2-4-9(8)15-10/h1-4H,5-7,12H2,(H,13,16)(H,14,15). The molecule has 0 aliphatic heterocycles. The van der Waals surface area contributed by atoms with E-state index in [-0.39, 0.29) is 12.5 Å². The smallest absolute Gasteiger partial charge is 0.233 e. The number of carbonyl (C=O) groups is 1. The number of rotatable bonds is 4. The van der Waals surface area contributed by atoms with Crippen molar-refractivity contribution in [1.82, 2.24) is 15.3 Å². The number of benzene rings is 1. The Hall–Kier alpha value is -1.88. The van der Waals surface area contributed by atoms with Gasteiger partial charge in [0.2, 0.25) is 5.91 Å². The van der Waals surface area contributed by atoms with E-state index in [1.165, 1.54) is 0 Å². The Morgan fingerprint density at radius 3 is 3.00 bits per heavy atom. The summed E-state index contributed by atoms with van der Waals surface area (Å²) in [7, 11) is 0. The normalized spacial score (nSPS) is 10.6. The molecule has 84 valence electrons. The summed E-state index contributed by atoms with van der Waals surface area (Å²) in [4.78, 5) is 18.5. The fourth-order valence-electron chi connectivity index (χ4n) is 1.52. The summed E-state index contributed by atoms with van der Waals surface area (Å²) in [5, 5.41) is 2.70. The van der Waals surface area contributed by atoms with Crippen LogP contribution in [0.3, 0.4) is 0 Å². The van der Waals surface area contributed by atoms with Gasteiger partial charge < -0.3 is 16.0 Å². The molecule has 1 aromatic carbocycles. The molecule has 0 saturated carbocycles. The number of fused-ring (bicyclic) bond motifs is 1. The van der Waals surface area contributed by atoms with Crippen molar-refractivity contribution in [2.75, 3.05) is 13.1 Å². The lowest BCUT2D eigenvalue weighted by atomic mass is 10.3. The molecule has 4 N–H and O–H groups in total. The zero-order valence-corrected chi connectivity index (χ0v) is 8.86. The minimum atomic E-state index is -0.142. The highest BCUT2D eigenvalue weighted by Gasteiger charge is 2.02. The topological polar surface area (TPSA) is 83.8 Å². The second-order valence-corrected chi connectivity index (χ2v) is 3.50. The van der Waals surface area contributed by atoms with E-state index in [0.717, 1.165) is 16.9 Å². The van der Waals surface area contributed by atoms with Gasteiger partial charge in [0.15, 0.2) is 0 Å². The van der Waals surface area contributed by atoms with Crippen LogP contribution in [0.25, 0.3) is 11.0 Å². The molecule has 0 radical (unpaired) electrons. The third kappa shape index (κ3) is 2.38. The zero-order valence-electron chi connectivity index (χ0n) is 8.86. The first-order valence-corrected chi connectivity index (χ1v) is 5.20. The number of aromatic amines is 1. The quantitative estimate of drug-likeness (QED) is 0.684. The summed E-state index contributed by atoms with van der Waals surface area (Å²) in [6, 6.07) is 7.84. The molecule has 2 aromatic rings. The predicted octanol–water partition coefficient (Wildman–Crippen LogP) is 0.180. The van der Waals surface area contributed by atoms with Crippen molar-refractivity contribution < 1.29 is 4.79 Å². The van der Waals surface area contributed by atoms with Crippen LogP contribution in [0.5, 0.6) is 0 Å². The minimum absolute atomic E-state index is 0.0279. The summed E-state index contributed by atoms with van der Waals surface area (Å²) in [5.41, 5.74) is 7.14. The second-order valence-electron chi connectivity index (χ2n) is 3.50. The largest absolute Gasteiger partial charge is 0.355 e. The van der Waals surface area contributed by atoms with Crippen LogP contribution in [-0.2, 0) is 11.2 Å². The molecule has 0 fully saturated rings. The minimum Gasteiger partial charge on any atom is -0.355 e. The van der Waals surface area contributed by atoms with Crippen LogP contribution in [0.2, 0.25) is 0 Å². The first kappa shape index (κ1) is 10.6. The van der Waals surface area contributed by atoms with Gasteiger partial charge >= 0.3 is 0 Å². The first-order chi connectivity index (χ1) is 7.79. The van der Waals surface area contributed by atoms with E-state index in [4.69, 9.17) is 5.73 Å². The number of H-pyrrole nitrogens is 1. The van der Waals surface area contributed by atoms with Crippen molar-refractivity contribution in [3.63, 3.8) is 0 Å². The molecular formula is C11H14N4O. The molecule has 5 heteroatoms. The fourth-order valence-corrected chi connectivity index (χ4v) is 1.52. The SMILES string of the molecule is NCC(=O)NCCc1nc2ccccc2[nH]1. The van der Waals surface area contributed by atoms with Crippen LogP contribution in [-0.4, -0.2) is 29.0 Å². The van der Waals surface area contributed by atoms with E-state index in [2.05, 4.69) is 15.3 Å². The molecule has 2 rings (SSSR count). The number of carbonyl (C=O) groups excluding carboxylic acids is 1. The summed E-state index contributed by atoms with van der Waals surface area (Å²) in [6.07, 6.45) is 0.681. The fraction of sp³-hybridized carbons (Fsp3) is 0.273. The molecule has 0 atom stereocenters. The van der Waals surface area contributed by atoms with Crippen LogP contribution in [0.1, 0.15) is 5.82 Å². The van der Waals surface area contributed by atoms with Crippen LogP contribution in [0.15, 0.2) is 24.3 Å². The van der Waals surface area contributed by atoms with Gasteiger partial charge in [0.05, 0.1) is 17.6 Å². The highest BCUT2D eigenvalue weighted by atomic mass is 16.1. The Balaban J connectivity index is 1.97. The predicted molar refractivity (Wildman–Crippen MR) is 61.9 cm³/mol. The van der Waals surface area contributed by atoms with E-state index >= 15 is 0 Å². The van der Waals surface area contributed by atoms with Crippen molar-refractivity contribution in [2.24, 2.45) is 5.73 Å². The number of hydrogen-bond acceptors (Lipinski definition) is 3. The van der Waals surface area contributed by atoms with Gasteiger partial charge in [-0.3, -0.25) is 4.79 Å². The number of nitrogens with one attached hydrogen (secondary N) is 2. The van der Waals surface area contributed by atoms with Crippen LogP contribution < -0.4 is 11.1 Å². The molecule has 1 aromatic heterocycles. The van der Waals surface area contributed by atoms with Gasteiger partial charge in [-0.05, 0) is 12.1 Å². The van der Waals surface area contributed by atoms with Crippen molar-refractivity contribution in [2.45, 2.75) is 6.42 Å². The Bertz CT molecular complexity index is 458. The summed E-state index contributed by atoms with van der Waals surface area (Å²) >= 11 is 0. The lowest BCUT2D eigenvalue weighted by Gasteiger charge is -2.00. The van der Waals surface area contributed by atoms with Gasteiger partial charge in [-0.25, -0.2) is 4.98 Å². The summed E-state index contributed by atoms with van der Waals surface area (Å²) < 4.78 is 0. The molecular weight excluding hydrogens is 204 g/mol. The molecule has 1 amide bonds. The van der Waals surface area contributed by atoms with Gasteiger partial charge in [-0.1, -0.05) is 12.1 Å². The van der Waals surface area contributed by atoms with Gasteiger partial charge in [0, 0.05) is 13.0 Å². The summed E-state index contributed by atoms with van der Waals surface area (Å²) in [6.45, 7) is 0.579. The van der Waals surface area contributed by atoms with Crippen LogP contribution in [0, 0.1) is 0 Å². The van der Waals surface area contributed by atoms with E-state index in [1.54, 1.807) is 0 Å². The number of para-hydroxylation sites is 2. The molecule has 0 aliphatic carbocycles. The van der Waals surface area contributed by atoms with Crippen molar-refractivity contribution in [3.05, 3.63) is 30.1 Å². The molecule has 0 spiro atoms. The Labute approximate surface area is 93.1 Å². The maximum absolute atomic E-state index is 10.9. The Morgan fingerprint density at radius 1 is 1.44 bits per heavy atom. The van der Waals surface area contributed by atoms with Gasteiger partial charge in [0.1, 0.15) is 5.82 Å². The molecule has 16 heavy (non-hydrogen) atoms. The molecule has 1 heterocycles. The van der Waals surface area contributed by atoms with E-state index in [0.29, 0.717) is 13.0 Å². The van der Waals surface area contributed by atoms with Crippen molar-refractivity contribution in [1.29, 1.82) is 0 Å². The molecule has 0 aliphatic rings. The number of hydrogen-bond donors (Lipinski definition) is 3. The third-order valence-electron chi connectivity index (χ3n) is 2.31. The molecule has 0 bridgehead atoms. The monoisotopic (exact) mass is 218 g/mol. The maximum atomic E-state index is 10.9. The molecule has 5 nitrogen and oxygen atoms in total. The van der Waals surface area contributed by atoms with Gasteiger partial charge in [-0.2, -0.15) is 0 Å².